The standard InChI is InChI=1S/C11H26N2.H4N2/c1-3-5-7-11(9-12,10-13)8-6-4-2;1-2/h3-10,12-13H2,1-2H3;1-2H2. The van der Waals surface area contributed by atoms with Gasteiger partial charge in [0.2, 0.25) is 0 Å². The molecular formula is C11H30N4. The van der Waals surface area contributed by atoms with Gasteiger partial charge in [-0.15, -0.1) is 0 Å². The summed E-state index contributed by atoms with van der Waals surface area (Å²) in [5.74, 6) is 8.00. The van der Waals surface area contributed by atoms with Crippen LogP contribution in [-0.2, 0) is 0 Å². The third-order valence-electron chi connectivity index (χ3n) is 2.99. The first-order chi connectivity index (χ1) is 7.24. The van der Waals surface area contributed by atoms with Gasteiger partial charge in [-0.2, -0.15) is 0 Å². The molecule has 0 aliphatic rings. The summed E-state index contributed by atoms with van der Waals surface area (Å²) in [5, 5.41) is 0. The quantitative estimate of drug-likeness (QED) is 0.361. The van der Waals surface area contributed by atoms with Gasteiger partial charge in [-0.1, -0.05) is 39.5 Å². The van der Waals surface area contributed by atoms with E-state index >= 15 is 0 Å². The van der Waals surface area contributed by atoms with Gasteiger partial charge in [0.05, 0.1) is 0 Å². The Morgan fingerprint density at radius 1 is 0.800 bits per heavy atom. The normalized spacial score (nSPS) is 10.8. The molecule has 8 N–H and O–H groups in total. The zero-order chi connectivity index (χ0) is 12.2. The first-order valence-corrected chi connectivity index (χ1v) is 5.98. The number of unbranched alkanes of at least 4 members (excludes halogenated alkanes) is 2. The van der Waals surface area contributed by atoms with Crippen molar-refractivity contribution in [3.8, 4) is 0 Å². The Labute approximate surface area is 94.7 Å². The van der Waals surface area contributed by atoms with Crippen LogP contribution in [0.5, 0.6) is 0 Å². The Bertz CT molecular complexity index is 103. The summed E-state index contributed by atoms with van der Waals surface area (Å²) in [7, 11) is 0. The average molecular weight is 218 g/mol. The van der Waals surface area contributed by atoms with Crippen LogP contribution in [0.3, 0.4) is 0 Å². The van der Waals surface area contributed by atoms with Gasteiger partial charge < -0.3 is 11.5 Å². The van der Waals surface area contributed by atoms with E-state index in [-0.39, 0.29) is 5.41 Å². The second kappa shape index (κ2) is 11.9. The molecule has 0 amide bonds. The maximum Gasteiger partial charge on any atom is -0.000844 e. The summed E-state index contributed by atoms with van der Waals surface area (Å²) in [5.41, 5.74) is 11.9. The summed E-state index contributed by atoms with van der Waals surface area (Å²) in [6.07, 6.45) is 7.42. The van der Waals surface area contributed by atoms with Gasteiger partial charge in [-0.05, 0) is 31.3 Å². The van der Waals surface area contributed by atoms with Crippen molar-refractivity contribution in [2.45, 2.75) is 52.4 Å². The minimum Gasteiger partial charge on any atom is -0.330 e. The third-order valence-corrected chi connectivity index (χ3v) is 2.99. The first kappa shape index (κ1) is 17.2. The second-order valence-electron chi connectivity index (χ2n) is 4.12. The van der Waals surface area contributed by atoms with Crippen molar-refractivity contribution in [1.82, 2.24) is 0 Å². The number of nitrogens with two attached hydrogens (primary N) is 4. The molecule has 0 saturated carbocycles. The van der Waals surface area contributed by atoms with Crippen LogP contribution in [-0.4, -0.2) is 13.1 Å². The highest BCUT2D eigenvalue weighted by Crippen LogP contribution is 2.28. The van der Waals surface area contributed by atoms with E-state index in [0.29, 0.717) is 0 Å². The molecule has 4 heteroatoms. The van der Waals surface area contributed by atoms with Crippen molar-refractivity contribution in [2.75, 3.05) is 13.1 Å². The lowest BCUT2D eigenvalue weighted by Gasteiger charge is -2.31. The highest BCUT2D eigenvalue weighted by atomic mass is 15.0. The molecular weight excluding hydrogens is 188 g/mol. The number of rotatable bonds is 8. The van der Waals surface area contributed by atoms with Crippen LogP contribution in [0.2, 0.25) is 0 Å². The molecule has 0 aromatic heterocycles. The van der Waals surface area contributed by atoms with Gasteiger partial charge in [0, 0.05) is 0 Å². The van der Waals surface area contributed by atoms with Crippen LogP contribution in [0.4, 0.5) is 0 Å². The minimum atomic E-state index is 0.242. The number of hydrazine groups is 1. The molecule has 0 fully saturated rings. The van der Waals surface area contributed by atoms with Crippen LogP contribution in [0, 0.1) is 5.41 Å². The largest absolute Gasteiger partial charge is 0.330 e. The molecule has 0 atom stereocenters. The summed E-state index contributed by atoms with van der Waals surface area (Å²) in [4.78, 5) is 0. The fourth-order valence-corrected chi connectivity index (χ4v) is 1.72. The highest BCUT2D eigenvalue weighted by molar-refractivity contribution is 4.81. The maximum atomic E-state index is 5.82. The van der Waals surface area contributed by atoms with Crippen LogP contribution < -0.4 is 23.2 Å². The predicted octanol–water partition coefficient (Wildman–Crippen LogP) is 1.09. The van der Waals surface area contributed by atoms with Gasteiger partial charge in [0.1, 0.15) is 0 Å². The average Bonchev–Trinajstić information content (AvgIpc) is 2.33. The summed E-state index contributed by atoms with van der Waals surface area (Å²) in [6.45, 7) is 5.95. The molecule has 0 rings (SSSR count). The van der Waals surface area contributed by atoms with E-state index in [1.54, 1.807) is 0 Å². The maximum absolute atomic E-state index is 5.82. The zero-order valence-electron chi connectivity index (χ0n) is 10.5. The van der Waals surface area contributed by atoms with Gasteiger partial charge >= 0.3 is 0 Å². The van der Waals surface area contributed by atoms with Crippen molar-refractivity contribution < 1.29 is 0 Å². The summed E-state index contributed by atoms with van der Waals surface area (Å²) >= 11 is 0. The van der Waals surface area contributed by atoms with E-state index in [1.807, 2.05) is 0 Å². The molecule has 0 bridgehead atoms. The van der Waals surface area contributed by atoms with Gasteiger partial charge in [-0.25, -0.2) is 0 Å². The van der Waals surface area contributed by atoms with Crippen LogP contribution >= 0.6 is 0 Å². The van der Waals surface area contributed by atoms with E-state index in [0.717, 1.165) is 13.1 Å². The molecule has 0 spiro atoms. The third kappa shape index (κ3) is 7.73. The first-order valence-electron chi connectivity index (χ1n) is 5.98. The Morgan fingerprint density at radius 2 is 1.13 bits per heavy atom. The second-order valence-corrected chi connectivity index (χ2v) is 4.12. The lowest BCUT2D eigenvalue weighted by atomic mass is 9.78. The van der Waals surface area contributed by atoms with E-state index in [4.69, 9.17) is 11.5 Å². The Morgan fingerprint density at radius 3 is 1.33 bits per heavy atom. The van der Waals surface area contributed by atoms with Crippen LogP contribution in [0.25, 0.3) is 0 Å². The Kier molecular flexibility index (Phi) is 13.7. The monoisotopic (exact) mass is 218 g/mol. The van der Waals surface area contributed by atoms with E-state index in [2.05, 4.69) is 25.5 Å². The minimum absolute atomic E-state index is 0.242. The van der Waals surface area contributed by atoms with E-state index in [9.17, 15) is 0 Å². The van der Waals surface area contributed by atoms with Gasteiger partial charge in [0.15, 0.2) is 0 Å². The molecule has 0 aliphatic carbocycles. The molecule has 0 heterocycles. The van der Waals surface area contributed by atoms with E-state index < -0.39 is 0 Å². The van der Waals surface area contributed by atoms with Crippen molar-refractivity contribution in [2.24, 2.45) is 28.6 Å². The zero-order valence-corrected chi connectivity index (χ0v) is 10.5. The van der Waals surface area contributed by atoms with Crippen molar-refractivity contribution in [3.05, 3.63) is 0 Å². The van der Waals surface area contributed by atoms with Crippen molar-refractivity contribution in [3.63, 3.8) is 0 Å². The lowest BCUT2D eigenvalue weighted by Crippen LogP contribution is -2.38. The highest BCUT2D eigenvalue weighted by Gasteiger charge is 2.25. The molecule has 0 aromatic carbocycles. The van der Waals surface area contributed by atoms with Crippen LogP contribution in [0.1, 0.15) is 52.4 Å². The predicted molar refractivity (Wildman–Crippen MR) is 68.0 cm³/mol. The van der Waals surface area contributed by atoms with Gasteiger partial charge in [-0.3, -0.25) is 11.7 Å². The smallest absolute Gasteiger partial charge is 0.000844 e. The van der Waals surface area contributed by atoms with Crippen molar-refractivity contribution in [1.29, 1.82) is 0 Å². The fourth-order valence-electron chi connectivity index (χ4n) is 1.72. The molecule has 0 aromatic rings. The molecule has 0 aliphatic heterocycles. The van der Waals surface area contributed by atoms with Gasteiger partial charge in [0.25, 0.3) is 0 Å². The molecule has 15 heavy (non-hydrogen) atoms. The molecule has 94 valence electrons. The molecule has 0 unspecified atom stereocenters. The summed E-state index contributed by atoms with van der Waals surface area (Å²) < 4.78 is 0. The summed E-state index contributed by atoms with van der Waals surface area (Å²) in [6, 6.07) is 0. The molecule has 4 nitrogen and oxygen atoms in total. The molecule has 0 saturated heterocycles. The number of hydrogen-bond acceptors (Lipinski definition) is 4. The fraction of sp³-hybridized carbons (Fsp3) is 1.00. The number of hydrogen-bond donors (Lipinski definition) is 4. The van der Waals surface area contributed by atoms with E-state index in [1.165, 1.54) is 38.5 Å². The van der Waals surface area contributed by atoms with Crippen molar-refractivity contribution >= 4 is 0 Å². The topological polar surface area (TPSA) is 104 Å². The Balaban J connectivity index is 0. The van der Waals surface area contributed by atoms with Crippen LogP contribution in [0.15, 0.2) is 0 Å². The SMILES string of the molecule is CCCCC(CN)(CN)CCCC.NN. The lowest BCUT2D eigenvalue weighted by molar-refractivity contribution is 0.246. The molecule has 0 radical (unpaired) electrons. The Hall–Kier alpha value is -0.160.